The molecule has 114 valence electrons. The van der Waals surface area contributed by atoms with Gasteiger partial charge in [0.15, 0.2) is 9.84 Å². The molecular weight excluding hydrogens is 335 g/mol. The van der Waals surface area contributed by atoms with Crippen LogP contribution in [0.15, 0.2) is 28.0 Å². The number of primary sulfonamides is 2. The minimum atomic E-state index is -4.26. The lowest BCUT2D eigenvalue weighted by Gasteiger charge is -2.06. The van der Waals surface area contributed by atoms with Crippen molar-refractivity contribution in [2.45, 2.75) is 9.79 Å². The number of halogens is 1. The Balaban J connectivity index is 3.21. The van der Waals surface area contributed by atoms with Crippen molar-refractivity contribution in [1.29, 1.82) is 0 Å². The highest BCUT2D eigenvalue weighted by Gasteiger charge is 2.23. The van der Waals surface area contributed by atoms with E-state index in [4.69, 9.17) is 5.14 Å². The number of hydrogen-bond donors (Lipinski definition) is 2. The minimum absolute atomic E-state index is 0.444. The van der Waals surface area contributed by atoms with Crippen molar-refractivity contribution in [3.05, 3.63) is 24.0 Å². The van der Waals surface area contributed by atoms with E-state index in [1.54, 1.807) is 0 Å². The molecule has 0 heterocycles. The predicted octanol–water partition coefficient (Wildman–Crippen LogP) is -1.46. The van der Waals surface area contributed by atoms with E-state index in [0.717, 1.165) is 6.07 Å². The Morgan fingerprint density at radius 2 is 1.50 bits per heavy atom. The normalized spacial score (nSPS) is 13.3. The fraction of sp³-hybridized carbons (Fsp3) is 0.250. The lowest BCUT2D eigenvalue weighted by Crippen LogP contribution is -2.23. The zero-order valence-electron chi connectivity index (χ0n) is 9.85. The summed E-state index contributed by atoms with van der Waals surface area (Å²) in [4.78, 5) is -1.42. The molecule has 0 aliphatic rings. The summed E-state index contributed by atoms with van der Waals surface area (Å²) in [6.45, 7) is 0. The SMILES string of the molecule is NS(=O)(=O)CCS(=O)(=O)c1ccc(S(N)(=O)=O)cc1F. The van der Waals surface area contributed by atoms with E-state index in [1.165, 1.54) is 0 Å². The molecule has 0 saturated carbocycles. The molecule has 0 fully saturated rings. The second kappa shape index (κ2) is 5.37. The van der Waals surface area contributed by atoms with Crippen LogP contribution in [-0.4, -0.2) is 36.8 Å². The molecule has 1 rings (SSSR count). The van der Waals surface area contributed by atoms with Crippen LogP contribution in [0.2, 0.25) is 0 Å². The first kappa shape index (κ1) is 17.0. The Morgan fingerprint density at radius 3 is 1.90 bits per heavy atom. The van der Waals surface area contributed by atoms with Gasteiger partial charge in [0.1, 0.15) is 10.7 Å². The van der Waals surface area contributed by atoms with Crippen molar-refractivity contribution in [2.75, 3.05) is 11.5 Å². The summed E-state index contributed by atoms with van der Waals surface area (Å²) >= 11 is 0. The van der Waals surface area contributed by atoms with Crippen molar-refractivity contribution < 1.29 is 29.6 Å². The Morgan fingerprint density at radius 1 is 0.950 bits per heavy atom. The number of rotatable bonds is 5. The van der Waals surface area contributed by atoms with Gasteiger partial charge >= 0.3 is 0 Å². The third-order valence-corrected chi connectivity index (χ3v) is 5.89. The summed E-state index contributed by atoms with van der Waals surface area (Å²) in [5.41, 5.74) is 0. The third-order valence-electron chi connectivity index (χ3n) is 2.20. The number of hydrogen-bond acceptors (Lipinski definition) is 6. The van der Waals surface area contributed by atoms with Gasteiger partial charge in [0.2, 0.25) is 20.0 Å². The van der Waals surface area contributed by atoms with E-state index >= 15 is 0 Å². The van der Waals surface area contributed by atoms with Gasteiger partial charge < -0.3 is 0 Å². The summed E-state index contributed by atoms with van der Waals surface area (Å²) in [5, 5.41) is 9.42. The average Bonchev–Trinajstić information content (AvgIpc) is 2.24. The van der Waals surface area contributed by atoms with Gasteiger partial charge in [0.25, 0.3) is 0 Å². The molecule has 0 aliphatic heterocycles. The molecule has 1 aromatic carbocycles. The molecule has 12 heteroatoms. The van der Waals surface area contributed by atoms with Gasteiger partial charge in [-0.2, -0.15) is 0 Å². The minimum Gasteiger partial charge on any atom is -0.229 e. The van der Waals surface area contributed by atoms with Crippen molar-refractivity contribution in [3.8, 4) is 0 Å². The lowest BCUT2D eigenvalue weighted by atomic mass is 10.3. The van der Waals surface area contributed by atoms with E-state index in [2.05, 4.69) is 5.14 Å². The summed E-state index contributed by atoms with van der Waals surface area (Å²) in [6.07, 6.45) is 0. The van der Waals surface area contributed by atoms with Crippen LogP contribution < -0.4 is 10.3 Å². The fourth-order valence-electron chi connectivity index (χ4n) is 1.25. The molecule has 20 heavy (non-hydrogen) atoms. The van der Waals surface area contributed by atoms with Gasteiger partial charge in [-0.1, -0.05) is 0 Å². The molecular formula is C8H11FN2O6S3. The summed E-state index contributed by atoms with van der Waals surface area (Å²) in [6, 6.07) is 1.95. The first-order valence-electron chi connectivity index (χ1n) is 4.88. The van der Waals surface area contributed by atoms with Crippen molar-refractivity contribution >= 4 is 29.9 Å². The van der Waals surface area contributed by atoms with Crippen LogP contribution in [0.25, 0.3) is 0 Å². The molecule has 4 N–H and O–H groups in total. The van der Waals surface area contributed by atoms with Crippen LogP contribution in [0.5, 0.6) is 0 Å². The quantitative estimate of drug-likeness (QED) is 0.663. The molecule has 0 aliphatic carbocycles. The first-order chi connectivity index (χ1) is 8.83. The molecule has 0 amide bonds. The van der Waals surface area contributed by atoms with Crippen LogP contribution >= 0.6 is 0 Å². The van der Waals surface area contributed by atoms with Crippen LogP contribution in [0, 0.1) is 5.82 Å². The average molecular weight is 346 g/mol. The zero-order chi connectivity index (χ0) is 15.8. The van der Waals surface area contributed by atoms with Gasteiger partial charge in [0.05, 0.1) is 16.4 Å². The number of sulfone groups is 1. The second-order valence-corrected chi connectivity index (χ2v) is 9.20. The van der Waals surface area contributed by atoms with Gasteiger partial charge in [-0.3, -0.25) is 0 Å². The number of nitrogens with two attached hydrogens (primary N) is 2. The number of benzene rings is 1. The van der Waals surface area contributed by atoms with Crippen LogP contribution in [0.3, 0.4) is 0 Å². The molecule has 0 atom stereocenters. The Labute approximate surface area is 115 Å². The molecule has 0 spiro atoms. The second-order valence-electron chi connectivity index (χ2n) is 3.82. The highest BCUT2D eigenvalue weighted by Crippen LogP contribution is 2.19. The maximum Gasteiger partial charge on any atom is 0.238 e. The molecule has 0 radical (unpaired) electrons. The molecule has 8 nitrogen and oxygen atoms in total. The molecule has 1 aromatic rings. The molecule has 0 bridgehead atoms. The zero-order valence-corrected chi connectivity index (χ0v) is 12.3. The summed E-state index contributed by atoms with van der Waals surface area (Å²) < 4.78 is 80.4. The summed E-state index contributed by atoms with van der Waals surface area (Å²) in [5.74, 6) is -3.14. The molecule has 0 saturated heterocycles. The maximum absolute atomic E-state index is 13.6. The fourth-order valence-corrected chi connectivity index (χ4v) is 4.43. The lowest BCUT2D eigenvalue weighted by molar-refractivity contribution is 0.560. The van der Waals surface area contributed by atoms with Gasteiger partial charge in [-0.15, -0.1) is 0 Å². The van der Waals surface area contributed by atoms with E-state index in [-0.39, 0.29) is 0 Å². The summed E-state index contributed by atoms with van der Waals surface area (Å²) in [7, 11) is -12.5. The van der Waals surface area contributed by atoms with Crippen LogP contribution in [0.4, 0.5) is 4.39 Å². The largest absolute Gasteiger partial charge is 0.238 e. The van der Waals surface area contributed by atoms with Crippen LogP contribution in [-0.2, 0) is 29.9 Å². The molecule has 0 aromatic heterocycles. The monoisotopic (exact) mass is 346 g/mol. The Hall–Kier alpha value is -1.08. The Kier molecular flexibility index (Phi) is 4.55. The van der Waals surface area contributed by atoms with Crippen molar-refractivity contribution in [2.24, 2.45) is 10.3 Å². The van der Waals surface area contributed by atoms with Crippen LogP contribution in [0.1, 0.15) is 0 Å². The van der Waals surface area contributed by atoms with Crippen molar-refractivity contribution in [3.63, 3.8) is 0 Å². The van der Waals surface area contributed by atoms with Gasteiger partial charge in [0, 0.05) is 0 Å². The van der Waals surface area contributed by atoms with E-state index in [0.29, 0.717) is 12.1 Å². The topological polar surface area (TPSA) is 154 Å². The van der Waals surface area contributed by atoms with E-state index in [1.807, 2.05) is 0 Å². The third kappa shape index (κ3) is 4.49. The Bertz CT molecular complexity index is 829. The standard InChI is InChI=1S/C8H11FN2O6S3/c9-7-5-6(20(11,16)17)1-2-8(7)18(12,13)3-4-19(10,14)15/h1-2,5H,3-4H2,(H2,10,14,15)(H2,11,16,17). The first-order valence-corrected chi connectivity index (χ1v) is 9.80. The predicted molar refractivity (Wildman–Crippen MR) is 67.8 cm³/mol. The highest BCUT2D eigenvalue weighted by molar-refractivity contribution is 7.94. The van der Waals surface area contributed by atoms with Gasteiger partial charge in [-0.25, -0.2) is 39.9 Å². The smallest absolute Gasteiger partial charge is 0.229 e. The highest BCUT2D eigenvalue weighted by atomic mass is 32.2. The maximum atomic E-state index is 13.6. The molecule has 0 unspecified atom stereocenters. The van der Waals surface area contributed by atoms with E-state index < -0.39 is 57.0 Å². The van der Waals surface area contributed by atoms with Crippen molar-refractivity contribution in [1.82, 2.24) is 0 Å². The van der Waals surface area contributed by atoms with Gasteiger partial charge in [-0.05, 0) is 18.2 Å². The number of sulfonamides is 2. The van der Waals surface area contributed by atoms with E-state index in [9.17, 15) is 29.6 Å².